The first-order chi connectivity index (χ1) is 15.0. The Morgan fingerprint density at radius 3 is 2.48 bits per heavy atom. The highest BCUT2D eigenvalue weighted by atomic mass is 19.1. The van der Waals surface area contributed by atoms with Gasteiger partial charge in [-0.1, -0.05) is 18.2 Å². The average molecular weight is 424 g/mol. The molecule has 0 spiro atoms. The molecule has 7 heteroatoms. The molecular weight excluding hydrogens is 393 g/mol. The van der Waals surface area contributed by atoms with Crippen molar-refractivity contribution in [2.45, 2.75) is 44.3 Å². The lowest BCUT2D eigenvalue weighted by Crippen LogP contribution is -2.37. The van der Waals surface area contributed by atoms with Crippen LogP contribution in [0.1, 0.15) is 31.2 Å². The van der Waals surface area contributed by atoms with Crippen LogP contribution in [0.15, 0.2) is 42.5 Å². The first-order valence-electron chi connectivity index (χ1n) is 10.8. The Balaban J connectivity index is 1.33. The molecule has 6 nitrogen and oxygen atoms in total. The Morgan fingerprint density at radius 2 is 1.77 bits per heavy atom. The smallest absolute Gasteiger partial charge is 0.225 e. The van der Waals surface area contributed by atoms with Gasteiger partial charge >= 0.3 is 0 Å². The van der Waals surface area contributed by atoms with Crippen LogP contribution in [0, 0.1) is 5.82 Å². The second-order valence-corrected chi connectivity index (χ2v) is 8.33. The maximum Gasteiger partial charge on any atom is 0.225 e. The summed E-state index contributed by atoms with van der Waals surface area (Å²) in [5.41, 5.74) is 1.88. The van der Waals surface area contributed by atoms with Crippen LogP contribution in [0.2, 0.25) is 0 Å². The van der Waals surface area contributed by atoms with Crippen molar-refractivity contribution < 1.29 is 9.13 Å². The van der Waals surface area contributed by atoms with Gasteiger partial charge in [-0.15, -0.1) is 0 Å². The number of para-hydroxylation sites is 1. The van der Waals surface area contributed by atoms with Gasteiger partial charge in [0, 0.05) is 38.1 Å². The minimum atomic E-state index is -0.317. The zero-order chi connectivity index (χ0) is 21.8. The van der Waals surface area contributed by atoms with E-state index >= 15 is 0 Å². The number of anilines is 2. The van der Waals surface area contributed by atoms with Gasteiger partial charge in [0.15, 0.2) is 11.6 Å². The van der Waals surface area contributed by atoms with Crippen LogP contribution in [-0.4, -0.2) is 43.3 Å². The number of methoxy groups -OCH3 is 1. The largest absolute Gasteiger partial charge is 0.494 e. The van der Waals surface area contributed by atoms with Crippen molar-refractivity contribution in [3.8, 4) is 5.75 Å². The van der Waals surface area contributed by atoms with Crippen molar-refractivity contribution in [1.29, 1.82) is 0 Å². The zero-order valence-corrected chi connectivity index (χ0v) is 18.4. The molecule has 1 aliphatic carbocycles. The first kappa shape index (κ1) is 21.3. The Bertz CT molecular complexity index is 1030. The van der Waals surface area contributed by atoms with Gasteiger partial charge in [-0.3, -0.25) is 0 Å². The summed E-state index contributed by atoms with van der Waals surface area (Å²) in [4.78, 5) is 11.5. The van der Waals surface area contributed by atoms with E-state index in [0.29, 0.717) is 24.6 Å². The molecule has 0 radical (unpaired) electrons. The summed E-state index contributed by atoms with van der Waals surface area (Å²) in [6.07, 6.45) is 4.21. The number of hydrogen-bond donors (Lipinski definition) is 2. The fraction of sp³-hybridized carbons (Fsp3) is 0.417. The van der Waals surface area contributed by atoms with Gasteiger partial charge < -0.3 is 20.3 Å². The number of ether oxygens (including phenoxy) is 1. The lowest BCUT2D eigenvalue weighted by atomic mass is 9.91. The van der Waals surface area contributed by atoms with Crippen molar-refractivity contribution in [2.24, 2.45) is 0 Å². The van der Waals surface area contributed by atoms with Gasteiger partial charge in [0.25, 0.3) is 0 Å². The van der Waals surface area contributed by atoms with E-state index < -0.39 is 0 Å². The number of fused-ring (bicyclic) bond motifs is 1. The monoisotopic (exact) mass is 423 g/mol. The van der Waals surface area contributed by atoms with Gasteiger partial charge in [0.05, 0.1) is 12.6 Å². The second kappa shape index (κ2) is 9.47. The van der Waals surface area contributed by atoms with Gasteiger partial charge in [-0.05, 0) is 55.5 Å². The van der Waals surface area contributed by atoms with Crippen LogP contribution in [0.5, 0.6) is 5.75 Å². The number of rotatable bonds is 7. The summed E-state index contributed by atoms with van der Waals surface area (Å²) in [6.45, 7) is 0.656. The van der Waals surface area contributed by atoms with Crippen molar-refractivity contribution in [2.75, 3.05) is 31.4 Å². The van der Waals surface area contributed by atoms with Crippen LogP contribution < -0.4 is 20.3 Å². The number of halogens is 1. The molecule has 0 aliphatic heterocycles. The molecule has 1 saturated carbocycles. The highest BCUT2D eigenvalue weighted by molar-refractivity contribution is 5.90. The number of nitrogens with one attached hydrogen (secondary N) is 2. The Hall–Kier alpha value is -2.93. The third kappa shape index (κ3) is 5.05. The van der Waals surface area contributed by atoms with E-state index in [1.807, 2.05) is 43.3 Å². The van der Waals surface area contributed by atoms with Gasteiger partial charge in [-0.25, -0.2) is 9.37 Å². The summed E-state index contributed by atoms with van der Waals surface area (Å²) in [6, 6.07) is 14.0. The number of benzene rings is 2. The molecule has 1 aromatic heterocycles. The molecule has 3 aromatic rings. The Morgan fingerprint density at radius 1 is 1.03 bits per heavy atom. The lowest BCUT2D eigenvalue weighted by Gasteiger charge is -2.30. The first-order valence-corrected chi connectivity index (χ1v) is 10.8. The molecule has 0 bridgehead atoms. The number of nitrogens with zero attached hydrogens (tertiary/aromatic N) is 3. The summed E-state index contributed by atoms with van der Waals surface area (Å²) in [5.74, 6) is 1.58. The van der Waals surface area contributed by atoms with E-state index in [4.69, 9.17) is 14.7 Å². The van der Waals surface area contributed by atoms with Crippen LogP contribution in [-0.2, 0) is 6.54 Å². The normalized spacial score (nSPS) is 18.7. The molecule has 0 saturated heterocycles. The molecule has 164 valence electrons. The molecule has 2 aromatic carbocycles. The lowest BCUT2D eigenvalue weighted by molar-refractivity contribution is 0.351. The van der Waals surface area contributed by atoms with Crippen LogP contribution in [0.3, 0.4) is 0 Å². The highest BCUT2D eigenvalue weighted by Gasteiger charge is 2.22. The van der Waals surface area contributed by atoms with Crippen molar-refractivity contribution in [3.05, 3.63) is 53.8 Å². The fourth-order valence-electron chi connectivity index (χ4n) is 4.17. The molecule has 0 unspecified atom stereocenters. The summed E-state index contributed by atoms with van der Waals surface area (Å²) in [5, 5.41) is 8.16. The summed E-state index contributed by atoms with van der Waals surface area (Å²) in [7, 11) is 5.49. The highest BCUT2D eigenvalue weighted by Crippen LogP contribution is 2.26. The Kier molecular flexibility index (Phi) is 6.51. The molecule has 0 atom stereocenters. The van der Waals surface area contributed by atoms with Crippen LogP contribution in [0.25, 0.3) is 10.9 Å². The molecule has 31 heavy (non-hydrogen) atoms. The standard InChI is InChI=1S/C24H30FN5O/c1-30(2)23-19-6-4-5-7-21(19)28-24(29-23)27-18-11-9-17(10-12-18)26-15-16-8-13-22(31-3)20(25)14-16/h4-8,13-14,17-18,26H,9-12,15H2,1-3H3,(H,27,28,29)/t17-,18+. The van der Waals surface area contributed by atoms with E-state index in [1.165, 1.54) is 7.11 Å². The van der Waals surface area contributed by atoms with Crippen LogP contribution >= 0.6 is 0 Å². The number of aromatic nitrogens is 2. The second-order valence-electron chi connectivity index (χ2n) is 8.33. The number of hydrogen-bond acceptors (Lipinski definition) is 6. The third-order valence-electron chi connectivity index (χ3n) is 5.88. The van der Waals surface area contributed by atoms with E-state index in [1.54, 1.807) is 12.1 Å². The van der Waals surface area contributed by atoms with Crippen molar-refractivity contribution in [1.82, 2.24) is 15.3 Å². The predicted octanol–water partition coefficient (Wildman–Crippen LogP) is 4.36. The van der Waals surface area contributed by atoms with E-state index in [-0.39, 0.29) is 11.6 Å². The predicted molar refractivity (Wildman–Crippen MR) is 123 cm³/mol. The summed E-state index contributed by atoms with van der Waals surface area (Å²) < 4.78 is 18.9. The Labute approximate surface area is 182 Å². The molecule has 2 N–H and O–H groups in total. The van der Waals surface area contributed by atoms with Gasteiger partial charge in [0.2, 0.25) is 5.95 Å². The maximum atomic E-state index is 13.9. The van der Waals surface area contributed by atoms with E-state index in [2.05, 4.69) is 16.7 Å². The molecule has 1 aliphatic rings. The maximum absolute atomic E-state index is 13.9. The van der Waals surface area contributed by atoms with Crippen LogP contribution in [0.4, 0.5) is 16.2 Å². The summed E-state index contributed by atoms with van der Waals surface area (Å²) >= 11 is 0. The third-order valence-corrected chi connectivity index (χ3v) is 5.88. The van der Waals surface area contributed by atoms with Gasteiger partial charge in [-0.2, -0.15) is 4.98 Å². The molecular formula is C24H30FN5O. The van der Waals surface area contributed by atoms with E-state index in [9.17, 15) is 4.39 Å². The topological polar surface area (TPSA) is 62.3 Å². The molecule has 1 fully saturated rings. The fourth-order valence-corrected chi connectivity index (χ4v) is 4.17. The average Bonchev–Trinajstić information content (AvgIpc) is 2.78. The quantitative estimate of drug-likeness (QED) is 0.589. The molecule has 0 amide bonds. The van der Waals surface area contributed by atoms with Crippen molar-refractivity contribution in [3.63, 3.8) is 0 Å². The minimum absolute atomic E-state index is 0.281. The zero-order valence-electron chi connectivity index (χ0n) is 18.4. The SMILES string of the molecule is COc1ccc(CN[C@H]2CC[C@@H](Nc3nc(N(C)C)c4ccccc4n3)CC2)cc1F. The molecule has 4 rings (SSSR count). The van der Waals surface area contributed by atoms with Gasteiger partial charge in [0.1, 0.15) is 5.82 Å². The minimum Gasteiger partial charge on any atom is -0.494 e. The van der Waals surface area contributed by atoms with E-state index in [0.717, 1.165) is 48.0 Å². The molecule has 1 heterocycles. The van der Waals surface area contributed by atoms with Crippen molar-refractivity contribution >= 4 is 22.7 Å².